The first-order chi connectivity index (χ1) is 11.6. The van der Waals surface area contributed by atoms with Gasteiger partial charge in [-0.2, -0.15) is 0 Å². The van der Waals surface area contributed by atoms with Gasteiger partial charge in [0.15, 0.2) is 0 Å². The molecule has 2 aliphatic rings. The molecular formula is C17H23N3O3S. The van der Waals surface area contributed by atoms with Gasteiger partial charge in [-0.1, -0.05) is 6.92 Å². The van der Waals surface area contributed by atoms with E-state index in [0.29, 0.717) is 30.5 Å². The maximum absolute atomic E-state index is 12.2. The van der Waals surface area contributed by atoms with Crippen LogP contribution in [0.3, 0.4) is 0 Å². The first-order valence-electron chi connectivity index (χ1n) is 8.38. The molecular weight excluding hydrogens is 326 g/mol. The van der Waals surface area contributed by atoms with E-state index in [4.69, 9.17) is 4.74 Å². The number of carbonyl (C=O) groups is 2. The largest absolute Gasteiger partial charge is 0.463 e. The number of carbonyl (C=O) groups excluding carboxylic acids is 2. The summed E-state index contributed by atoms with van der Waals surface area (Å²) in [5, 5.41) is 7.60. The number of ether oxygens (including phenoxy) is 1. The Morgan fingerprint density at radius 2 is 2.29 bits per heavy atom. The Morgan fingerprint density at radius 3 is 3.04 bits per heavy atom. The van der Waals surface area contributed by atoms with E-state index in [1.807, 2.05) is 11.3 Å². The van der Waals surface area contributed by atoms with Crippen molar-refractivity contribution in [3.63, 3.8) is 0 Å². The summed E-state index contributed by atoms with van der Waals surface area (Å²) in [5.74, 6) is -0.360. The molecule has 2 N–H and O–H groups in total. The Morgan fingerprint density at radius 1 is 1.46 bits per heavy atom. The summed E-state index contributed by atoms with van der Waals surface area (Å²) in [7, 11) is 0. The highest BCUT2D eigenvalue weighted by Crippen LogP contribution is 2.35. The van der Waals surface area contributed by atoms with Gasteiger partial charge < -0.3 is 15.4 Å². The summed E-state index contributed by atoms with van der Waals surface area (Å²) >= 11 is 1.81. The molecule has 0 aliphatic carbocycles. The van der Waals surface area contributed by atoms with Gasteiger partial charge in [-0.05, 0) is 36.8 Å². The number of nitrogens with zero attached hydrogens (tertiary/aromatic N) is 1. The second-order valence-corrected chi connectivity index (χ2v) is 6.93. The van der Waals surface area contributed by atoms with Crippen molar-refractivity contribution in [1.29, 1.82) is 0 Å². The quantitative estimate of drug-likeness (QED) is 0.800. The van der Waals surface area contributed by atoms with Crippen molar-refractivity contribution >= 4 is 23.3 Å². The zero-order chi connectivity index (χ0) is 17.1. The third-order valence-electron chi connectivity index (χ3n) is 4.53. The normalized spacial score (nSPS) is 21.1. The molecule has 24 heavy (non-hydrogen) atoms. The molecule has 0 spiro atoms. The average Bonchev–Trinajstić information content (AvgIpc) is 3.03. The summed E-state index contributed by atoms with van der Waals surface area (Å²) in [6.07, 6.45) is 2.01. The molecule has 2 aliphatic heterocycles. The fraction of sp³-hybridized carbons (Fsp3) is 0.529. The van der Waals surface area contributed by atoms with E-state index in [1.54, 1.807) is 6.92 Å². The molecule has 0 fully saturated rings. The van der Waals surface area contributed by atoms with Crippen molar-refractivity contribution in [2.45, 2.75) is 32.7 Å². The fourth-order valence-electron chi connectivity index (χ4n) is 3.40. The lowest BCUT2D eigenvalue weighted by atomic mass is 9.97. The van der Waals surface area contributed by atoms with Crippen LogP contribution in [0.25, 0.3) is 0 Å². The van der Waals surface area contributed by atoms with Gasteiger partial charge in [0, 0.05) is 29.7 Å². The Hall–Kier alpha value is -1.86. The highest BCUT2D eigenvalue weighted by Gasteiger charge is 2.30. The molecule has 1 aromatic rings. The van der Waals surface area contributed by atoms with E-state index in [0.717, 1.165) is 19.4 Å². The third-order valence-corrected chi connectivity index (χ3v) is 5.53. The Labute approximate surface area is 145 Å². The summed E-state index contributed by atoms with van der Waals surface area (Å²) in [4.78, 5) is 27.7. The van der Waals surface area contributed by atoms with Crippen molar-refractivity contribution in [1.82, 2.24) is 15.5 Å². The van der Waals surface area contributed by atoms with Crippen LogP contribution in [0.1, 0.15) is 36.8 Å². The number of rotatable bonds is 5. The predicted molar refractivity (Wildman–Crippen MR) is 92.8 cm³/mol. The molecule has 1 aromatic heterocycles. The highest BCUT2D eigenvalue weighted by atomic mass is 32.1. The van der Waals surface area contributed by atoms with Gasteiger partial charge in [0.05, 0.1) is 18.7 Å². The zero-order valence-electron chi connectivity index (χ0n) is 14.1. The topological polar surface area (TPSA) is 70.7 Å². The number of esters is 1. The van der Waals surface area contributed by atoms with E-state index in [1.165, 1.54) is 10.4 Å². The van der Waals surface area contributed by atoms with Crippen LogP contribution >= 0.6 is 11.3 Å². The molecule has 3 rings (SSSR count). The second kappa shape index (κ2) is 7.36. The molecule has 0 saturated heterocycles. The van der Waals surface area contributed by atoms with Crippen molar-refractivity contribution in [3.05, 3.63) is 33.2 Å². The maximum atomic E-state index is 12.2. The molecule has 3 heterocycles. The minimum Gasteiger partial charge on any atom is -0.463 e. The van der Waals surface area contributed by atoms with Crippen molar-refractivity contribution < 1.29 is 14.3 Å². The summed E-state index contributed by atoms with van der Waals surface area (Å²) in [6, 6.07) is 2.25. The lowest BCUT2D eigenvalue weighted by Gasteiger charge is -2.37. The monoisotopic (exact) mass is 349 g/mol. The van der Waals surface area contributed by atoms with Gasteiger partial charge in [-0.25, -0.2) is 9.59 Å². The fourth-order valence-corrected chi connectivity index (χ4v) is 4.33. The van der Waals surface area contributed by atoms with Gasteiger partial charge in [0.25, 0.3) is 0 Å². The molecule has 2 amide bonds. The van der Waals surface area contributed by atoms with Crippen molar-refractivity contribution in [2.75, 3.05) is 26.2 Å². The van der Waals surface area contributed by atoms with Gasteiger partial charge in [-0.15, -0.1) is 11.3 Å². The zero-order valence-corrected chi connectivity index (χ0v) is 14.9. The highest BCUT2D eigenvalue weighted by molar-refractivity contribution is 7.10. The van der Waals surface area contributed by atoms with Gasteiger partial charge in [0.2, 0.25) is 0 Å². The van der Waals surface area contributed by atoms with Crippen LogP contribution in [0, 0.1) is 0 Å². The molecule has 0 saturated carbocycles. The van der Waals surface area contributed by atoms with Crippen LogP contribution in [0.4, 0.5) is 4.79 Å². The third kappa shape index (κ3) is 3.32. The number of amides is 2. The van der Waals surface area contributed by atoms with Crippen LogP contribution < -0.4 is 10.6 Å². The van der Waals surface area contributed by atoms with E-state index in [2.05, 4.69) is 33.9 Å². The minimum absolute atomic E-state index is 0.217. The Balaban J connectivity index is 1.84. The SMILES string of the molecule is CCOC(=O)C1=C(CN2CCc3sccc3C2CC)NC(=O)NC1. The van der Waals surface area contributed by atoms with Crippen LogP contribution in [-0.2, 0) is 16.0 Å². The van der Waals surface area contributed by atoms with Crippen molar-refractivity contribution in [2.24, 2.45) is 0 Å². The average molecular weight is 349 g/mol. The van der Waals surface area contributed by atoms with Gasteiger partial charge >= 0.3 is 12.0 Å². The Bertz CT molecular complexity index is 668. The molecule has 0 aromatic carbocycles. The van der Waals surface area contributed by atoms with Crippen LogP contribution in [0.5, 0.6) is 0 Å². The summed E-state index contributed by atoms with van der Waals surface area (Å²) in [5.41, 5.74) is 2.56. The number of hydrogen-bond acceptors (Lipinski definition) is 5. The van der Waals surface area contributed by atoms with Gasteiger partial charge in [-0.3, -0.25) is 4.90 Å². The first-order valence-corrected chi connectivity index (χ1v) is 9.26. The van der Waals surface area contributed by atoms with E-state index >= 15 is 0 Å². The smallest absolute Gasteiger partial charge is 0.337 e. The molecule has 0 bridgehead atoms. The Kier molecular flexibility index (Phi) is 5.20. The minimum atomic E-state index is -0.360. The van der Waals surface area contributed by atoms with E-state index < -0.39 is 0 Å². The predicted octanol–water partition coefficient (Wildman–Crippen LogP) is 2.19. The summed E-state index contributed by atoms with van der Waals surface area (Å²) in [6.45, 7) is 5.97. The standard InChI is InChI=1S/C17H23N3O3S/c1-3-14-11-6-8-24-15(11)5-7-20(14)10-13-12(16(21)23-4-2)9-18-17(22)19-13/h6,8,14H,3-5,7,9-10H2,1-2H3,(H2,18,19,22). The number of fused-ring (bicyclic) bond motifs is 1. The van der Waals surface area contributed by atoms with Crippen LogP contribution in [0.2, 0.25) is 0 Å². The van der Waals surface area contributed by atoms with Gasteiger partial charge in [0.1, 0.15) is 0 Å². The van der Waals surface area contributed by atoms with E-state index in [-0.39, 0.29) is 18.5 Å². The molecule has 0 radical (unpaired) electrons. The van der Waals surface area contributed by atoms with Crippen molar-refractivity contribution in [3.8, 4) is 0 Å². The lowest BCUT2D eigenvalue weighted by molar-refractivity contribution is -0.138. The number of urea groups is 1. The molecule has 1 atom stereocenters. The molecule has 7 heteroatoms. The summed E-state index contributed by atoms with van der Waals surface area (Å²) < 4.78 is 5.13. The number of nitrogens with one attached hydrogen (secondary N) is 2. The van der Waals surface area contributed by atoms with E-state index in [9.17, 15) is 9.59 Å². The van der Waals surface area contributed by atoms with Crippen LogP contribution in [-0.4, -0.2) is 43.1 Å². The lowest BCUT2D eigenvalue weighted by Crippen LogP contribution is -2.48. The molecule has 130 valence electrons. The second-order valence-electron chi connectivity index (χ2n) is 5.93. The molecule has 1 unspecified atom stereocenters. The van der Waals surface area contributed by atoms with Crippen LogP contribution in [0.15, 0.2) is 22.7 Å². The molecule has 6 nitrogen and oxygen atoms in total. The maximum Gasteiger partial charge on any atom is 0.337 e. The number of hydrogen-bond donors (Lipinski definition) is 2. The first kappa shape index (κ1) is 17.0. The number of thiophene rings is 1.